The molecule has 0 aromatic heterocycles. The zero-order valence-electron chi connectivity index (χ0n) is 11.5. The minimum atomic E-state index is -0.897. The Morgan fingerprint density at radius 1 is 1.35 bits per heavy atom. The van der Waals surface area contributed by atoms with Crippen LogP contribution in [0.25, 0.3) is 0 Å². The molecule has 20 heavy (non-hydrogen) atoms. The van der Waals surface area contributed by atoms with Crippen molar-refractivity contribution in [1.29, 1.82) is 0 Å². The first-order valence-electron chi connectivity index (χ1n) is 6.78. The van der Waals surface area contributed by atoms with E-state index in [2.05, 4.69) is 0 Å². The number of benzene rings is 1. The smallest absolute Gasteiger partial charge is 0.410 e. The molecule has 1 fully saturated rings. The summed E-state index contributed by atoms with van der Waals surface area (Å²) in [5, 5.41) is 8.94. The molecule has 1 aliphatic carbocycles. The van der Waals surface area contributed by atoms with Crippen LogP contribution in [0.3, 0.4) is 0 Å². The van der Waals surface area contributed by atoms with E-state index in [9.17, 15) is 9.59 Å². The molecular weight excluding hydrogens is 258 g/mol. The molecule has 1 aromatic rings. The lowest BCUT2D eigenvalue weighted by molar-refractivity contribution is -0.141. The van der Waals surface area contributed by atoms with E-state index in [1.165, 1.54) is 0 Å². The second-order valence-electron chi connectivity index (χ2n) is 5.16. The number of carboxylic acids is 1. The quantitative estimate of drug-likeness (QED) is 0.867. The fraction of sp³-hybridized carbons (Fsp3) is 0.467. The molecule has 108 valence electrons. The molecule has 0 radical (unpaired) electrons. The maximum Gasteiger partial charge on any atom is 0.410 e. The summed E-state index contributed by atoms with van der Waals surface area (Å²) in [4.78, 5) is 24.5. The van der Waals surface area contributed by atoms with E-state index in [1.54, 1.807) is 11.8 Å². The third kappa shape index (κ3) is 3.98. The molecular formula is C15H19NO4. The van der Waals surface area contributed by atoms with Crippen molar-refractivity contribution >= 4 is 12.1 Å². The predicted molar refractivity (Wildman–Crippen MR) is 73.2 cm³/mol. The van der Waals surface area contributed by atoms with Gasteiger partial charge in [0.25, 0.3) is 0 Å². The van der Waals surface area contributed by atoms with Crippen molar-refractivity contribution in [2.24, 2.45) is 5.92 Å². The number of carbonyl (C=O) groups excluding carboxylic acids is 1. The molecule has 5 nitrogen and oxygen atoms in total. The van der Waals surface area contributed by atoms with E-state index in [0.717, 1.165) is 18.4 Å². The number of hydrogen-bond acceptors (Lipinski definition) is 3. The van der Waals surface area contributed by atoms with Crippen LogP contribution in [0.15, 0.2) is 30.3 Å². The highest BCUT2D eigenvalue weighted by molar-refractivity contribution is 5.72. The topological polar surface area (TPSA) is 66.8 Å². The Hall–Kier alpha value is -2.04. The van der Waals surface area contributed by atoms with Crippen LogP contribution in [0, 0.1) is 5.92 Å². The van der Waals surface area contributed by atoms with Gasteiger partial charge < -0.3 is 14.7 Å². The number of carboxylic acid groups (broad SMARTS) is 1. The highest BCUT2D eigenvalue weighted by atomic mass is 16.6. The Morgan fingerprint density at radius 3 is 2.55 bits per heavy atom. The van der Waals surface area contributed by atoms with Gasteiger partial charge in [0, 0.05) is 12.6 Å². The Labute approximate surface area is 118 Å². The van der Waals surface area contributed by atoms with Crippen molar-refractivity contribution in [2.45, 2.75) is 32.4 Å². The maximum atomic E-state index is 12.1. The first-order valence-corrected chi connectivity index (χ1v) is 6.78. The standard InChI is InChI=1S/C15H19NO4/c1-11(14(17)18)9-16(13-7-8-13)15(19)20-10-12-5-3-2-4-6-12/h2-6,11,13H,7-10H2,1H3,(H,17,18). The van der Waals surface area contributed by atoms with Crippen molar-refractivity contribution in [3.8, 4) is 0 Å². The van der Waals surface area contributed by atoms with Crippen LogP contribution < -0.4 is 0 Å². The van der Waals surface area contributed by atoms with Crippen LogP contribution in [-0.4, -0.2) is 34.7 Å². The highest BCUT2D eigenvalue weighted by Gasteiger charge is 2.35. The Morgan fingerprint density at radius 2 is 2.00 bits per heavy atom. The van der Waals surface area contributed by atoms with Gasteiger partial charge in [0.15, 0.2) is 0 Å². The summed E-state index contributed by atoms with van der Waals surface area (Å²) in [5.74, 6) is -1.48. The summed E-state index contributed by atoms with van der Waals surface area (Å²) in [5.41, 5.74) is 0.919. The molecule has 5 heteroatoms. The molecule has 1 aromatic carbocycles. The van der Waals surface area contributed by atoms with E-state index in [0.29, 0.717) is 0 Å². The Balaban J connectivity index is 1.89. The normalized spacial score (nSPS) is 15.4. The second kappa shape index (κ2) is 6.41. The minimum absolute atomic E-state index is 0.139. The molecule has 2 rings (SSSR count). The molecule has 1 unspecified atom stereocenters. The number of aliphatic carboxylic acids is 1. The molecule has 1 amide bonds. The average Bonchev–Trinajstić information content (AvgIpc) is 3.27. The fourth-order valence-electron chi connectivity index (χ4n) is 1.93. The van der Waals surface area contributed by atoms with E-state index in [4.69, 9.17) is 9.84 Å². The number of amides is 1. The maximum absolute atomic E-state index is 12.1. The van der Waals surface area contributed by atoms with Crippen molar-refractivity contribution in [2.75, 3.05) is 6.54 Å². The van der Waals surface area contributed by atoms with Gasteiger partial charge >= 0.3 is 12.1 Å². The molecule has 1 saturated carbocycles. The van der Waals surface area contributed by atoms with E-state index in [-0.39, 0.29) is 19.2 Å². The van der Waals surface area contributed by atoms with Crippen LogP contribution in [0.2, 0.25) is 0 Å². The minimum Gasteiger partial charge on any atom is -0.481 e. The predicted octanol–water partition coefficient (Wildman–Crippen LogP) is 2.51. The van der Waals surface area contributed by atoms with Crippen LogP contribution in [0.5, 0.6) is 0 Å². The summed E-state index contributed by atoms with van der Waals surface area (Å²) >= 11 is 0. The molecule has 0 spiro atoms. The van der Waals surface area contributed by atoms with Crippen molar-refractivity contribution in [1.82, 2.24) is 4.90 Å². The lowest BCUT2D eigenvalue weighted by Crippen LogP contribution is -2.38. The zero-order chi connectivity index (χ0) is 14.5. The van der Waals surface area contributed by atoms with Gasteiger partial charge in [0.2, 0.25) is 0 Å². The van der Waals surface area contributed by atoms with Crippen LogP contribution in [-0.2, 0) is 16.1 Å². The summed E-state index contributed by atoms with van der Waals surface area (Å²) in [7, 11) is 0. The van der Waals surface area contributed by atoms with E-state index >= 15 is 0 Å². The number of ether oxygens (including phenoxy) is 1. The summed E-state index contributed by atoms with van der Waals surface area (Å²) < 4.78 is 5.27. The van der Waals surface area contributed by atoms with Gasteiger partial charge in [-0.2, -0.15) is 0 Å². The van der Waals surface area contributed by atoms with Crippen LogP contribution in [0.4, 0.5) is 4.79 Å². The number of rotatable bonds is 6. The SMILES string of the molecule is CC(CN(C(=O)OCc1ccccc1)C1CC1)C(=O)O. The monoisotopic (exact) mass is 277 g/mol. The van der Waals surface area contributed by atoms with E-state index < -0.39 is 18.0 Å². The first kappa shape index (κ1) is 14.4. The Bertz CT molecular complexity index is 470. The van der Waals surface area contributed by atoms with Gasteiger partial charge in [0.05, 0.1) is 5.92 Å². The van der Waals surface area contributed by atoms with Crippen LogP contribution in [0.1, 0.15) is 25.3 Å². The highest BCUT2D eigenvalue weighted by Crippen LogP contribution is 2.28. The summed E-state index contributed by atoms with van der Waals surface area (Å²) in [6.45, 7) is 2.01. The van der Waals surface area contributed by atoms with Gasteiger partial charge in [-0.25, -0.2) is 4.79 Å². The van der Waals surface area contributed by atoms with Gasteiger partial charge in [-0.15, -0.1) is 0 Å². The largest absolute Gasteiger partial charge is 0.481 e. The van der Waals surface area contributed by atoms with E-state index in [1.807, 2.05) is 30.3 Å². The molecule has 0 heterocycles. The van der Waals surface area contributed by atoms with Gasteiger partial charge in [-0.1, -0.05) is 37.3 Å². The number of hydrogen-bond donors (Lipinski definition) is 1. The third-order valence-corrected chi connectivity index (χ3v) is 3.32. The summed E-state index contributed by atoms with van der Waals surface area (Å²) in [6, 6.07) is 9.57. The van der Waals surface area contributed by atoms with Gasteiger partial charge in [-0.05, 0) is 18.4 Å². The zero-order valence-corrected chi connectivity index (χ0v) is 11.5. The lowest BCUT2D eigenvalue weighted by Gasteiger charge is -2.23. The number of carbonyl (C=O) groups is 2. The molecule has 1 atom stereocenters. The Kier molecular flexibility index (Phi) is 4.61. The fourth-order valence-corrected chi connectivity index (χ4v) is 1.93. The second-order valence-corrected chi connectivity index (χ2v) is 5.16. The van der Waals surface area contributed by atoms with Crippen molar-refractivity contribution in [3.05, 3.63) is 35.9 Å². The summed E-state index contributed by atoms with van der Waals surface area (Å²) in [6.07, 6.45) is 1.42. The van der Waals surface area contributed by atoms with Crippen molar-refractivity contribution < 1.29 is 19.4 Å². The molecule has 1 N–H and O–H groups in total. The average molecular weight is 277 g/mol. The van der Waals surface area contributed by atoms with Gasteiger partial charge in [0.1, 0.15) is 6.61 Å². The molecule has 1 aliphatic rings. The molecule has 0 aliphatic heterocycles. The third-order valence-electron chi connectivity index (χ3n) is 3.32. The molecule has 0 bridgehead atoms. The number of nitrogens with zero attached hydrogens (tertiary/aromatic N) is 1. The van der Waals surface area contributed by atoms with Crippen LogP contribution >= 0.6 is 0 Å². The van der Waals surface area contributed by atoms with Gasteiger partial charge in [-0.3, -0.25) is 4.79 Å². The first-order chi connectivity index (χ1) is 9.58. The lowest BCUT2D eigenvalue weighted by atomic mass is 10.2. The molecule has 0 saturated heterocycles. The van der Waals surface area contributed by atoms with Crippen molar-refractivity contribution in [3.63, 3.8) is 0 Å².